The van der Waals surface area contributed by atoms with Crippen molar-refractivity contribution in [1.82, 2.24) is 9.88 Å². The van der Waals surface area contributed by atoms with E-state index in [4.69, 9.17) is 16.3 Å². The van der Waals surface area contributed by atoms with E-state index in [0.29, 0.717) is 29.6 Å². The summed E-state index contributed by atoms with van der Waals surface area (Å²) >= 11 is 6.52. The third-order valence-corrected chi connectivity index (χ3v) is 7.23. The number of carboxylic acids is 1. The first-order chi connectivity index (χ1) is 17.4. The Hall–Kier alpha value is -3.14. The van der Waals surface area contributed by atoms with Crippen molar-refractivity contribution in [3.8, 4) is 17.6 Å². The molecule has 3 aromatic rings. The van der Waals surface area contributed by atoms with Gasteiger partial charge in [-0.3, -0.25) is 14.7 Å². The van der Waals surface area contributed by atoms with Gasteiger partial charge in [-0.05, 0) is 86.0 Å². The number of methoxy groups -OCH3 is 1. The minimum Gasteiger partial charge on any atom is -0.497 e. The second-order valence-corrected chi connectivity index (χ2v) is 9.72. The molecule has 0 aliphatic carbocycles. The number of aromatic nitrogens is 1. The van der Waals surface area contributed by atoms with E-state index in [1.165, 1.54) is 12.1 Å². The number of fused-ring (bicyclic) bond motifs is 1. The lowest BCUT2D eigenvalue weighted by Gasteiger charge is -2.37. The van der Waals surface area contributed by atoms with E-state index in [0.717, 1.165) is 54.4 Å². The molecule has 0 unspecified atom stereocenters. The van der Waals surface area contributed by atoms with E-state index < -0.39 is 5.97 Å². The Morgan fingerprint density at radius 1 is 1.28 bits per heavy atom. The summed E-state index contributed by atoms with van der Waals surface area (Å²) in [5.74, 6) is 6.21. The molecule has 1 aromatic heterocycles. The number of ether oxygens (including phenoxy) is 1. The van der Waals surface area contributed by atoms with Crippen LogP contribution in [-0.4, -0.2) is 47.7 Å². The van der Waals surface area contributed by atoms with Crippen LogP contribution in [0.4, 0.5) is 4.39 Å². The van der Waals surface area contributed by atoms with Crippen LogP contribution in [0.25, 0.3) is 10.9 Å². The summed E-state index contributed by atoms with van der Waals surface area (Å²) in [4.78, 5) is 18.2. The molecule has 7 heteroatoms. The average Bonchev–Trinajstić information content (AvgIpc) is 2.86. The van der Waals surface area contributed by atoms with E-state index in [2.05, 4.69) is 21.7 Å². The van der Waals surface area contributed by atoms with Crippen LogP contribution in [-0.2, 0) is 11.2 Å². The van der Waals surface area contributed by atoms with Gasteiger partial charge in [0.05, 0.1) is 24.2 Å². The van der Waals surface area contributed by atoms with Crippen LogP contribution in [0.1, 0.15) is 36.8 Å². The largest absolute Gasteiger partial charge is 0.497 e. The van der Waals surface area contributed by atoms with Crippen LogP contribution < -0.4 is 4.74 Å². The molecule has 1 N–H and O–H groups in total. The smallest absolute Gasteiger partial charge is 0.303 e. The molecule has 2 aromatic carbocycles. The SMILES string of the molecule is COc1ccc2ncc(Cl)c(CCC[C@@H]3CCN(CC#Cc4cccc(F)c4)C[C@@H]3CC(=O)O)c2c1. The number of aliphatic carboxylic acids is 1. The number of pyridine rings is 1. The predicted molar refractivity (Wildman–Crippen MR) is 140 cm³/mol. The van der Waals surface area contributed by atoms with Crippen LogP contribution in [0.3, 0.4) is 0 Å². The first-order valence-electron chi connectivity index (χ1n) is 12.2. The third-order valence-electron chi connectivity index (χ3n) is 6.91. The number of rotatable bonds is 8. The Balaban J connectivity index is 1.38. The molecule has 188 valence electrons. The minimum atomic E-state index is -0.770. The topological polar surface area (TPSA) is 62.7 Å². The van der Waals surface area contributed by atoms with Gasteiger partial charge in [0.1, 0.15) is 11.6 Å². The minimum absolute atomic E-state index is 0.0666. The van der Waals surface area contributed by atoms with Crippen molar-refractivity contribution in [3.05, 3.63) is 70.6 Å². The van der Waals surface area contributed by atoms with Crippen molar-refractivity contribution in [2.24, 2.45) is 11.8 Å². The number of piperidine rings is 1. The van der Waals surface area contributed by atoms with Crippen molar-refractivity contribution in [2.75, 3.05) is 26.7 Å². The van der Waals surface area contributed by atoms with Gasteiger partial charge in [0.2, 0.25) is 0 Å². The van der Waals surface area contributed by atoms with Crippen molar-refractivity contribution < 1.29 is 19.0 Å². The Morgan fingerprint density at radius 3 is 2.92 bits per heavy atom. The summed E-state index contributed by atoms with van der Waals surface area (Å²) in [6.45, 7) is 2.11. The lowest BCUT2D eigenvalue weighted by atomic mass is 9.80. The molecule has 2 heterocycles. The van der Waals surface area contributed by atoms with Gasteiger partial charge >= 0.3 is 5.97 Å². The zero-order valence-corrected chi connectivity index (χ0v) is 21.1. The number of aryl methyl sites for hydroxylation is 1. The fraction of sp³-hybridized carbons (Fsp3) is 0.379. The molecule has 0 spiro atoms. The molecule has 36 heavy (non-hydrogen) atoms. The summed E-state index contributed by atoms with van der Waals surface area (Å²) in [5.41, 5.74) is 2.58. The number of carbonyl (C=O) groups is 1. The normalized spacial score (nSPS) is 18.0. The molecule has 0 radical (unpaired) electrons. The Bertz CT molecular complexity index is 1290. The van der Waals surface area contributed by atoms with Crippen molar-refractivity contribution in [2.45, 2.75) is 32.1 Å². The maximum Gasteiger partial charge on any atom is 0.303 e. The first-order valence-corrected chi connectivity index (χ1v) is 12.6. The summed E-state index contributed by atoms with van der Waals surface area (Å²) in [6.07, 6.45) is 5.42. The lowest BCUT2D eigenvalue weighted by Crippen LogP contribution is -2.41. The summed E-state index contributed by atoms with van der Waals surface area (Å²) in [5, 5.41) is 11.1. The van der Waals surface area contributed by atoms with Crippen LogP contribution in [0.2, 0.25) is 5.02 Å². The highest BCUT2D eigenvalue weighted by molar-refractivity contribution is 6.32. The van der Waals surface area contributed by atoms with Crippen molar-refractivity contribution in [1.29, 1.82) is 0 Å². The van der Waals surface area contributed by atoms with E-state index in [9.17, 15) is 14.3 Å². The first kappa shape index (κ1) is 25.9. The zero-order valence-electron chi connectivity index (χ0n) is 20.3. The van der Waals surface area contributed by atoms with Gasteiger partial charge < -0.3 is 9.84 Å². The van der Waals surface area contributed by atoms with Gasteiger partial charge in [-0.1, -0.05) is 29.5 Å². The predicted octanol–water partition coefficient (Wildman–Crippen LogP) is 5.82. The maximum atomic E-state index is 13.4. The quantitative estimate of drug-likeness (QED) is 0.388. The van der Waals surface area contributed by atoms with E-state index in [1.54, 1.807) is 25.4 Å². The zero-order chi connectivity index (χ0) is 25.5. The number of nitrogens with zero attached hydrogens (tertiary/aromatic N) is 2. The number of halogens is 2. The van der Waals surface area contributed by atoms with E-state index >= 15 is 0 Å². The number of carboxylic acid groups (broad SMARTS) is 1. The van der Waals surface area contributed by atoms with E-state index in [-0.39, 0.29) is 18.2 Å². The highest BCUT2D eigenvalue weighted by Crippen LogP contribution is 2.33. The van der Waals surface area contributed by atoms with Crippen LogP contribution in [0.15, 0.2) is 48.7 Å². The highest BCUT2D eigenvalue weighted by Gasteiger charge is 2.30. The van der Waals surface area contributed by atoms with Crippen LogP contribution in [0.5, 0.6) is 5.75 Å². The van der Waals surface area contributed by atoms with Gasteiger partial charge in [-0.15, -0.1) is 0 Å². The van der Waals surface area contributed by atoms with Gasteiger partial charge in [0.25, 0.3) is 0 Å². The maximum absolute atomic E-state index is 13.4. The van der Waals surface area contributed by atoms with Gasteiger partial charge in [-0.2, -0.15) is 0 Å². The standard InChI is InChI=1S/C29H30ClFN2O3/c1-36-24-10-11-28-26(17-24)25(27(30)18-32-28)9-3-7-21-12-14-33(19-22(21)16-29(34)35)13-4-6-20-5-2-8-23(31)15-20/h2,5,8,10-11,15,17-18,21-22H,3,7,9,12-14,16,19H2,1H3,(H,34,35)/t21-,22+/m1/s1. The summed E-state index contributed by atoms with van der Waals surface area (Å²) < 4.78 is 18.7. The van der Waals surface area contributed by atoms with Crippen LogP contribution >= 0.6 is 11.6 Å². The van der Waals surface area contributed by atoms with E-state index in [1.807, 2.05) is 18.2 Å². The Morgan fingerprint density at radius 2 is 2.14 bits per heavy atom. The molecule has 0 saturated carbocycles. The fourth-order valence-electron chi connectivity index (χ4n) is 5.08. The van der Waals surface area contributed by atoms with Crippen molar-refractivity contribution in [3.63, 3.8) is 0 Å². The molecule has 1 aliphatic rings. The van der Waals surface area contributed by atoms with Gasteiger partial charge in [0, 0.05) is 30.1 Å². The molecule has 1 aliphatic heterocycles. The second-order valence-electron chi connectivity index (χ2n) is 9.31. The third kappa shape index (κ3) is 6.75. The molecule has 1 fully saturated rings. The molecular weight excluding hydrogens is 479 g/mol. The molecule has 0 bridgehead atoms. The molecule has 4 rings (SSSR count). The molecular formula is C29H30ClFN2O3. The van der Waals surface area contributed by atoms with Gasteiger partial charge in [-0.25, -0.2) is 4.39 Å². The fourth-order valence-corrected chi connectivity index (χ4v) is 5.32. The highest BCUT2D eigenvalue weighted by atomic mass is 35.5. The molecule has 0 amide bonds. The average molecular weight is 509 g/mol. The Kier molecular flexibility index (Phi) is 8.79. The Labute approximate surface area is 216 Å². The lowest BCUT2D eigenvalue weighted by molar-refractivity contribution is -0.139. The van der Waals surface area contributed by atoms with Crippen molar-refractivity contribution >= 4 is 28.5 Å². The number of hydrogen-bond acceptors (Lipinski definition) is 4. The molecule has 1 saturated heterocycles. The van der Waals surface area contributed by atoms with Crippen LogP contribution in [0, 0.1) is 29.5 Å². The van der Waals surface area contributed by atoms with Gasteiger partial charge in [0.15, 0.2) is 0 Å². The summed E-state index contributed by atoms with van der Waals surface area (Å²) in [7, 11) is 1.64. The molecule has 5 nitrogen and oxygen atoms in total. The molecule has 2 atom stereocenters. The number of hydrogen-bond donors (Lipinski definition) is 1. The monoisotopic (exact) mass is 508 g/mol. The number of benzene rings is 2. The second kappa shape index (κ2) is 12.2. The number of likely N-dealkylation sites (tertiary alicyclic amines) is 1. The summed E-state index contributed by atoms with van der Waals surface area (Å²) in [6, 6.07) is 12.0.